The molecule has 3 unspecified atom stereocenters. The van der Waals surface area contributed by atoms with E-state index in [2.05, 4.69) is 59.1 Å². The second kappa shape index (κ2) is 6.94. The van der Waals surface area contributed by atoms with E-state index in [1.165, 1.54) is 9.13 Å². The van der Waals surface area contributed by atoms with Crippen molar-refractivity contribution in [3.63, 3.8) is 0 Å². The molecular formula is C17H24INO2. The number of rotatable bonds is 4. The fraction of sp³-hybridized carbons (Fsp3) is 0.647. The van der Waals surface area contributed by atoms with Crippen LogP contribution in [0.3, 0.4) is 0 Å². The Morgan fingerprint density at radius 1 is 1.33 bits per heavy atom. The lowest BCUT2D eigenvalue weighted by Gasteiger charge is -2.40. The highest BCUT2D eigenvalue weighted by atomic mass is 127. The van der Waals surface area contributed by atoms with Gasteiger partial charge in [-0.15, -0.1) is 0 Å². The molecule has 4 heteroatoms. The summed E-state index contributed by atoms with van der Waals surface area (Å²) in [7, 11) is 0. The first kappa shape index (κ1) is 15.7. The molecule has 2 aliphatic rings. The van der Waals surface area contributed by atoms with Gasteiger partial charge in [-0.2, -0.15) is 0 Å². The minimum absolute atomic E-state index is 0.0141. The van der Waals surface area contributed by atoms with Crippen LogP contribution in [0.4, 0.5) is 0 Å². The van der Waals surface area contributed by atoms with Gasteiger partial charge in [0.15, 0.2) is 0 Å². The molecule has 0 aliphatic carbocycles. The Morgan fingerprint density at radius 2 is 2.14 bits per heavy atom. The van der Waals surface area contributed by atoms with Crippen molar-refractivity contribution in [3.8, 4) is 0 Å². The van der Waals surface area contributed by atoms with Gasteiger partial charge in [0.05, 0.1) is 12.2 Å². The SMILES string of the molecule is CCNC(c1ccc(I)cc1)C1CCOC2(CCOC2)C1. The maximum absolute atomic E-state index is 6.09. The number of nitrogens with one attached hydrogen (secondary N) is 1. The Labute approximate surface area is 140 Å². The third kappa shape index (κ3) is 3.60. The topological polar surface area (TPSA) is 30.5 Å². The molecule has 0 saturated carbocycles. The second-order valence-corrected chi connectivity index (χ2v) is 7.42. The number of hydrogen-bond donors (Lipinski definition) is 1. The molecule has 0 aromatic heterocycles. The minimum Gasteiger partial charge on any atom is -0.378 e. The van der Waals surface area contributed by atoms with Crippen molar-refractivity contribution < 1.29 is 9.47 Å². The molecule has 1 aromatic rings. The molecular weight excluding hydrogens is 377 g/mol. The zero-order valence-corrected chi connectivity index (χ0v) is 14.8. The van der Waals surface area contributed by atoms with E-state index < -0.39 is 0 Å². The number of ether oxygens (including phenoxy) is 2. The molecule has 0 amide bonds. The van der Waals surface area contributed by atoms with Crippen LogP contribution in [0.2, 0.25) is 0 Å². The van der Waals surface area contributed by atoms with Gasteiger partial charge in [-0.05, 0) is 65.6 Å². The third-order valence-corrected chi connectivity index (χ3v) is 5.44. The quantitative estimate of drug-likeness (QED) is 0.784. The largest absolute Gasteiger partial charge is 0.378 e. The van der Waals surface area contributed by atoms with Gasteiger partial charge in [-0.1, -0.05) is 19.1 Å². The van der Waals surface area contributed by atoms with Crippen LogP contribution in [0.15, 0.2) is 24.3 Å². The zero-order valence-electron chi connectivity index (χ0n) is 12.6. The average Bonchev–Trinajstić information content (AvgIpc) is 2.94. The molecule has 0 bridgehead atoms. The fourth-order valence-electron chi connectivity index (χ4n) is 3.66. The van der Waals surface area contributed by atoms with Gasteiger partial charge in [0, 0.05) is 29.2 Å². The van der Waals surface area contributed by atoms with Gasteiger partial charge in [0.2, 0.25) is 0 Å². The molecule has 2 fully saturated rings. The smallest absolute Gasteiger partial charge is 0.0940 e. The van der Waals surface area contributed by atoms with Gasteiger partial charge in [-0.3, -0.25) is 0 Å². The highest BCUT2D eigenvalue weighted by Gasteiger charge is 2.43. The Bertz CT molecular complexity index is 456. The highest BCUT2D eigenvalue weighted by Crippen LogP contribution is 2.41. The molecule has 2 saturated heterocycles. The van der Waals surface area contributed by atoms with Crippen molar-refractivity contribution >= 4 is 22.6 Å². The van der Waals surface area contributed by atoms with E-state index in [4.69, 9.17) is 9.47 Å². The maximum Gasteiger partial charge on any atom is 0.0940 e. The van der Waals surface area contributed by atoms with E-state index in [0.29, 0.717) is 12.0 Å². The molecule has 2 aliphatic heterocycles. The van der Waals surface area contributed by atoms with Crippen molar-refractivity contribution in [3.05, 3.63) is 33.4 Å². The van der Waals surface area contributed by atoms with Crippen molar-refractivity contribution in [2.24, 2.45) is 5.92 Å². The van der Waals surface area contributed by atoms with Crippen LogP contribution < -0.4 is 5.32 Å². The van der Waals surface area contributed by atoms with Gasteiger partial charge >= 0.3 is 0 Å². The maximum atomic E-state index is 6.09. The summed E-state index contributed by atoms with van der Waals surface area (Å²) in [5, 5.41) is 3.70. The summed E-state index contributed by atoms with van der Waals surface area (Å²) in [6, 6.07) is 9.36. The first-order valence-corrected chi connectivity index (χ1v) is 9.01. The summed E-state index contributed by atoms with van der Waals surface area (Å²) in [6.45, 7) is 5.67. The average molecular weight is 401 g/mol. The van der Waals surface area contributed by atoms with E-state index in [0.717, 1.165) is 45.6 Å². The molecule has 1 N–H and O–H groups in total. The summed E-state index contributed by atoms with van der Waals surface area (Å²) in [5.74, 6) is 0.625. The van der Waals surface area contributed by atoms with Crippen LogP contribution in [0.5, 0.6) is 0 Å². The first-order chi connectivity index (χ1) is 10.2. The van der Waals surface area contributed by atoms with Crippen LogP contribution in [0, 0.1) is 9.49 Å². The number of halogens is 1. The van der Waals surface area contributed by atoms with Crippen LogP contribution in [0.1, 0.15) is 37.8 Å². The molecule has 3 atom stereocenters. The molecule has 21 heavy (non-hydrogen) atoms. The third-order valence-electron chi connectivity index (χ3n) is 4.72. The summed E-state index contributed by atoms with van der Waals surface area (Å²) in [5.41, 5.74) is 1.39. The molecule has 3 nitrogen and oxygen atoms in total. The molecule has 1 aromatic carbocycles. The minimum atomic E-state index is -0.0141. The Kier molecular flexibility index (Phi) is 5.19. The van der Waals surface area contributed by atoms with Crippen molar-refractivity contribution in [2.45, 2.75) is 37.8 Å². The normalized spacial score (nSPS) is 30.7. The van der Waals surface area contributed by atoms with Gasteiger partial charge in [0.25, 0.3) is 0 Å². The molecule has 116 valence electrons. The predicted molar refractivity (Wildman–Crippen MR) is 92.4 cm³/mol. The van der Waals surface area contributed by atoms with Gasteiger partial charge in [0.1, 0.15) is 0 Å². The summed E-state index contributed by atoms with van der Waals surface area (Å²) >= 11 is 2.36. The Morgan fingerprint density at radius 3 is 2.81 bits per heavy atom. The molecule has 1 spiro atoms. The first-order valence-electron chi connectivity index (χ1n) is 7.93. The van der Waals surface area contributed by atoms with Crippen molar-refractivity contribution in [2.75, 3.05) is 26.4 Å². The molecule has 0 radical (unpaired) electrons. The van der Waals surface area contributed by atoms with Crippen LogP contribution >= 0.6 is 22.6 Å². The van der Waals surface area contributed by atoms with E-state index in [1.54, 1.807) is 0 Å². The number of hydrogen-bond acceptors (Lipinski definition) is 3. The van der Waals surface area contributed by atoms with Crippen LogP contribution in [-0.2, 0) is 9.47 Å². The Balaban J connectivity index is 1.78. The lowest BCUT2D eigenvalue weighted by atomic mass is 9.79. The second-order valence-electron chi connectivity index (χ2n) is 6.17. The Hall–Kier alpha value is -0.170. The van der Waals surface area contributed by atoms with Crippen molar-refractivity contribution in [1.29, 1.82) is 0 Å². The summed E-state index contributed by atoms with van der Waals surface area (Å²) in [6.07, 6.45) is 3.29. The lowest BCUT2D eigenvalue weighted by molar-refractivity contribution is -0.103. The molecule has 3 rings (SSSR count). The summed E-state index contributed by atoms with van der Waals surface area (Å²) in [4.78, 5) is 0. The van der Waals surface area contributed by atoms with Crippen LogP contribution in [0.25, 0.3) is 0 Å². The van der Waals surface area contributed by atoms with Crippen molar-refractivity contribution in [1.82, 2.24) is 5.32 Å². The summed E-state index contributed by atoms with van der Waals surface area (Å²) < 4.78 is 13.0. The lowest BCUT2D eigenvalue weighted by Crippen LogP contribution is -2.44. The number of benzene rings is 1. The zero-order chi connectivity index (χ0) is 14.7. The monoisotopic (exact) mass is 401 g/mol. The predicted octanol–water partition coefficient (Wildman–Crippen LogP) is 3.53. The highest BCUT2D eigenvalue weighted by molar-refractivity contribution is 14.1. The van der Waals surface area contributed by atoms with E-state index in [1.807, 2.05) is 0 Å². The van der Waals surface area contributed by atoms with Gasteiger partial charge < -0.3 is 14.8 Å². The fourth-order valence-corrected chi connectivity index (χ4v) is 4.02. The van der Waals surface area contributed by atoms with Gasteiger partial charge in [-0.25, -0.2) is 0 Å². The van der Waals surface area contributed by atoms with E-state index in [-0.39, 0.29) is 5.60 Å². The standard InChI is InChI=1S/C17H24INO2/c1-2-19-16(13-3-5-15(18)6-4-13)14-7-9-21-17(11-14)8-10-20-12-17/h3-6,14,16,19H,2,7-12H2,1H3. The van der Waals surface area contributed by atoms with Crippen LogP contribution in [-0.4, -0.2) is 32.0 Å². The van der Waals surface area contributed by atoms with E-state index in [9.17, 15) is 0 Å². The van der Waals surface area contributed by atoms with E-state index >= 15 is 0 Å². The molecule has 2 heterocycles.